The number of aliphatic hydroxyl groups is 1. The maximum absolute atomic E-state index is 9.04. The Labute approximate surface area is 96.7 Å². The minimum atomic E-state index is -2.03. The summed E-state index contributed by atoms with van der Waals surface area (Å²) in [6.45, 7) is 3.80. The van der Waals surface area contributed by atoms with Crippen molar-refractivity contribution in [1.82, 2.24) is 0 Å². The molecule has 6 heteroatoms. The Kier molecular flexibility index (Phi) is 10.9. The van der Waals surface area contributed by atoms with Crippen LogP contribution < -0.4 is 0 Å². The summed E-state index contributed by atoms with van der Waals surface area (Å²) in [5.41, 5.74) is 0. The fraction of sp³-hybridized carbons (Fsp3) is 1.00. The van der Waals surface area contributed by atoms with Crippen molar-refractivity contribution in [3.8, 4) is 0 Å². The van der Waals surface area contributed by atoms with Crippen molar-refractivity contribution in [3.05, 3.63) is 0 Å². The van der Waals surface area contributed by atoms with Gasteiger partial charge in [0.15, 0.2) is 0 Å². The van der Waals surface area contributed by atoms with Gasteiger partial charge in [0.25, 0.3) is 0 Å². The molecule has 0 rings (SSSR count). The van der Waals surface area contributed by atoms with E-state index in [1.54, 1.807) is 6.92 Å². The SMILES string of the molecule is CCCOOC(O)(CC)OO.[Y]. The van der Waals surface area contributed by atoms with Gasteiger partial charge in [-0.25, -0.2) is 10.1 Å². The van der Waals surface area contributed by atoms with Crippen molar-refractivity contribution in [2.75, 3.05) is 6.61 Å². The fourth-order valence-corrected chi connectivity index (χ4v) is 0.356. The second kappa shape index (κ2) is 8.50. The second-order valence-electron chi connectivity index (χ2n) is 2.06. The first-order chi connectivity index (χ1) is 5.18. The number of rotatable bonds is 6. The van der Waals surface area contributed by atoms with Crippen LogP contribution in [0.15, 0.2) is 0 Å². The Morgan fingerprint density at radius 1 is 1.33 bits per heavy atom. The molecule has 71 valence electrons. The van der Waals surface area contributed by atoms with E-state index in [-0.39, 0.29) is 39.1 Å². The van der Waals surface area contributed by atoms with Gasteiger partial charge in [-0.15, -0.1) is 0 Å². The van der Waals surface area contributed by atoms with Crippen LogP contribution in [0.4, 0.5) is 0 Å². The van der Waals surface area contributed by atoms with E-state index < -0.39 is 5.97 Å². The molecule has 0 amide bonds. The van der Waals surface area contributed by atoms with E-state index in [1.165, 1.54) is 0 Å². The Bertz CT molecular complexity index is 95.9. The predicted octanol–water partition coefficient (Wildman–Crippen LogP) is 0.888. The average Bonchev–Trinajstić information content (AvgIpc) is 2.05. The monoisotopic (exact) mass is 255 g/mol. The van der Waals surface area contributed by atoms with E-state index in [2.05, 4.69) is 14.7 Å². The molecule has 12 heavy (non-hydrogen) atoms. The van der Waals surface area contributed by atoms with Crippen LogP contribution in [0.1, 0.15) is 26.7 Å². The molecule has 0 aromatic heterocycles. The largest absolute Gasteiger partial charge is 0.340 e. The van der Waals surface area contributed by atoms with Gasteiger partial charge in [0.05, 0.1) is 6.61 Å². The van der Waals surface area contributed by atoms with Gasteiger partial charge in [0, 0.05) is 39.1 Å². The third kappa shape index (κ3) is 6.42. The van der Waals surface area contributed by atoms with Gasteiger partial charge in [-0.3, -0.25) is 0 Å². The van der Waals surface area contributed by atoms with Gasteiger partial charge < -0.3 is 5.11 Å². The molecule has 0 fully saturated rings. The van der Waals surface area contributed by atoms with Gasteiger partial charge in [-0.2, -0.15) is 9.78 Å². The summed E-state index contributed by atoms with van der Waals surface area (Å²) in [5.74, 6) is -2.03. The summed E-state index contributed by atoms with van der Waals surface area (Å²) < 4.78 is 0. The zero-order valence-electron chi connectivity index (χ0n) is 7.32. The van der Waals surface area contributed by atoms with Crippen LogP contribution in [-0.2, 0) is 47.4 Å². The molecule has 0 heterocycles. The van der Waals surface area contributed by atoms with E-state index in [0.29, 0.717) is 6.61 Å². The molecule has 0 aromatic rings. The maximum atomic E-state index is 9.04. The standard InChI is InChI=1S/C6H14O5.Y/c1-3-5-9-11-6(7,4-2)10-8;/h7-8H,3-5H2,1-2H3;. The van der Waals surface area contributed by atoms with Crippen LogP contribution in [0.5, 0.6) is 0 Å². The first-order valence-corrected chi connectivity index (χ1v) is 3.54. The van der Waals surface area contributed by atoms with Gasteiger partial charge in [0.1, 0.15) is 0 Å². The Hall–Kier alpha value is 0.904. The average molecular weight is 255 g/mol. The molecule has 0 aromatic carbocycles. The van der Waals surface area contributed by atoms with Crippen molar-refractivity contribution in [2.24, 2.45) is 0 Å². The third-order valence-corrected chi connectivity index (χ3v) is 1.07. The van der Waals surface area contributed by atoms with Crippen LogP contribution in [0.3, 0.4) is 0 Å². The summed E-state index contributed by atoms with van der Waals surface area (Å²) in [6, 6.07) is 0. The van der Waals surface area contributed by atoms with Crippen LogP contribution in [0, 0.1) is 0 Å². The van der Waals surface area contributed by atoms with Gasteiger partial charge >= 0.3 is 5.97 Å². The normalized spacial score (nSPS) is 15.0. The summed E-state index contributed by atoms with van der Waals surface area (Å²) >= 11 is 0. The van der Waals surface area contributed by atoms with E-state index in [4.69, 9.17) is 10.4 Å². The molecule has 1 radical (unpaired) electrons. The second-order valence-corrected chi connectivity index (χ2v) is 2.06. The Balaban J connectivity index is 0. The molecule has 1 atom stereocenters. The summed E-state index contributed by atoms with van der Waals surface area (Å²) in [7, 11) is 0. The summed E-state index contributed by atoms with van der Waals surface area (Å²) in [6.07, 6.45) is 0.832. The van der Waals surface area contributed by atoms with Crippen molar-refractivity contribution >= 4 is 0 Å². The smallest absolute Gasteiger partial charge is 0.336 e. The van der Waals surface area contributed by atoms with Gasteiger partial charge in [-0.1, -0.05) is 13.8 Å². The van der Waals surface area contributed by atoms with E-state index in [9.17, 15) is 0 Å². The van der Waals surface area contributed by atoms with Crippen LogP contribution >= 0.6 is 0 Å². The van der Waals surface area contributed by atoms with E-state index in [1.807, 2.05) is 6.92 Å². The first-order valence-electron chi connectivity index (χ1n) is 3.54. The van der Waals surface area contributed by atoms with Gasteiger partial charge in [0.2, 0.25) is 0 Å². The van der Waals surface area contributed by atoms with E-state index in [0.717, 1.165) is 6.42 Å². The Morgan fingerprint density at radius 3 is 2.25 bits per heavy atom. The van der Waals surface area contributed by atoms with Gasteiger partial charge in [-0.05, 0) is 6.42 Å². The Morgan fingerprint density at radius 2 is 1.92 bits per heavy atom. The third-order valence-electron chi connectivity index (χ3n) is 1.07. The minimum Gasteiger partial charge on any atom is -0.340 e. The molecule has 0 spiro atoms. The molecular formula is C6H14O5Y. The maximum Gasteiger partial charge on any atom is 0.336 e. The molecule has 0 saturated heterocycles. The topological polar surface area (TPSA) is 68.2 Å². The van der Waals surface area contributed by atoms with Crippen LogP contribution in [-0.4, -0.2) is 22.9 Å². The molecular weight excluding hydrogens is 241 g/mol. The minimum absolute atomic E-state index is 0. The molecule has 0 aliphatic carbocycles. The quantitative estimate of drug-likeness (QED) is 0.319. The first kappa shape index (κ1) is 15.4. The number of hydrogen-bond acceptors (Lipinski definition) is 5. The van der Waals surface area contributed by atoms with Crippen molar-refractivity contribution in [3.63, 3.8) is 0 Å². The molecule has 0 bridgehead atoms. The summed E-state index contributed by atoms with van der Waals surface area (Å²) in [4.78, 5) is 12.5. The van der Waals surface area contributed by atoms with Crippen molar-refractivity contribution in [2.45, 2.75) is 32.7 Å². The van der Waals surface area contributed by atoms with Crippen LogP contribution in [0.25, 0.3) is 0 Å². The van der Waals surface area contributed by atoms with E-state index >= 15 is 0 Å². The van der Waals surface area contributed by atoms with Crippen molar-refractivity contribution in [1.29, 1.82) is 0 Å². The van der Waals surface area contributed by atoms with Crippen LogP contribution in [0.2, 0.25) is 0 Å². The molecule has 2 N–H and O–H groups in total. The van der Waals surface area contributed by atoms with Crippen molar-refractivity contribution < 1.29 is 57.7 Å². The zero-order chi connectivity index (χ0) is 8.74. The fourth-order valence-electron chi connectivity index (χ4n) is 0.356. The molecule has 5 nitrogen and oxygen atoms in total. The molecule has 0 aliphatic rings. The zero-order valence-corrected chi connectivity index (χ0v) is 10.2. The molecule has 1 unspecified atom stereocenters. The molecule has 0 aliphatic heterocycles. The number of hydrogen-bond donors (Lipinski definition) is 2. The molecule has 0 saturated carbocycles. The predicted molar refractivity (Wildman–Crippen MR) is 36.3 cm³/mol. The summed E-state index contributed by atoms with van der Waals surface area (Å²) in [5, 5.41) is 17.2.